The number of benzene rings is 2. The minimum atomic E-state index is -0.487. The Balaban J connectivity index is 1.67. The number of nitrogens with zero attached hydrogens (tertiary/aromatic N) is 3. The van der Waals surface area contributed by atoms with Crippen molar-refractivity contribution < 1.29 is 8.78 Å². The van der Waals surface area contributed by atoms with Crippen LogP contribution in [-0.2, 0) is 6.54 Å². The zero-order chi connectivity index (χ0) is 16.2. The zero-order valence-electron chi connectivity index (χ0n) is 12.7. The van der Waals surface area contributed by atoms with Gasteiger partial charge in [-0.15, -0.1) is 0 Å². The highest BCUT2D eigenvalue weighted by molar-refractivity contribution is 5.60. The molecule has 3 rings (SSSR count). The fourth-order valence-corrected chi connectivity index (χ4v) is 2.90. The number of nitriles is 1. The standard InChI is InChI=1S/C18H17F2N3/c19-16-5-2-1-4-14(16)13-22-8-10-23(11-9-22)18-7-3-6-17(20)15(18)12-21/h1-7H,8-11,13H2. The van der Waals surface area contributed by atoms with Crippen LogP contribution in [0.4, 0.5) is 14.5 Å². The molecule has 1 saturated heterocycles. The first-order chi connectivity index (χ1) is 11.2. The third-order valence-corrected chi connectivity index (χ3v) is 4.17. The summed E-state index contributed by atoms with van der Waals surface area (Å²) in [6, 6.07) is 13.4. The molecule has 1 aliphatic rings. The highest BCUT2D eigenvalue weighted by Crippen LogP contribution is 2.24. The highest BCUT2D eigenvalue weighted by Gasteiger charge is 2.21. The maximum atomic E-state index is 13.7. The largest absolute Gasteiger partial charge is 0.368 e. The highest BCUT2D eigenvalue weighted by atomic mass is 19.1. The average molecular weight is 313 g/mol. The van der Waals surface area contributed by atoms with Gasteiger partial charge >= 0.3 is 0 Å². The molecule has 0 spiro atoms. The van der Waals surface area contributed by atoms with Crippen LogP contribution < -0.4 is 4.90 Å². The van der Waals surface area contributed by atoms with Gasteiger partial charge < -0.3 is 4.90 Å². The Labute approximate surface area is 134 Å². The second-order valence-corrected chi connectivity index (χ2v) is 5.60. The van der Waals surface area contributed by atoms with Crippen LogP contribution in [0.15, 0.2) is 42.5 Å². The number of hydrogen-bond acceptors (Lipinski definition) is 3. The average Bonchev–Trinajstić information content (AvgIpc) is 2.57. The third-order valence-electron chi connectivity index (χ3n) is 4.17. The van der Waals surface area contributed by atoms with Gasteiger partial charge in [-0.25, -0.2) is 8.78 Å². The molecule has 0 amide bonds. The van der Waals surface area contributed by atoms with E-state index in [4.69, 9.17) is 5.26 Å². The van der Waals surface area contributed by atoms with Crippen LogP contribution in [0.3, 0.4) is 0 Å². The number of piperazine rings is 1. The summed E-state index contributed by atoms with van der Waals surface area (Å²) in [6.07, 6.45) is 0. The lowest BCUT2D eigenvalue weighted by atomic mass is 10.1. The van der Waals surface area contributed by atoms with Gasteiger partial charge in [0.05, 0.1) is 5.69 Å². The van der Waals surface area contributed by atoms with Crippen LogP contribution in [0.5, 0.6) is 0 Å². The first-order valence-electron chi connectivity index (χ1n) is 7.58. The van der Waals surface area contributed by atoms with E-state index in [1.54, 1.807) is 24.3 Å². The number of anilines is 1. The molecule has 1 heterocycles. The van der Waals surface area contributed by atoms with Crippen LogP contribution in [-0.4, -0.2) is 31.1 Å². The summed E-state index contributed by atoms with van der Waals surface area (Å²) < 4.78 is 27.4. The molecule has 0 N–H and O–H groups in total. The molecule has 1 aliphatic heterocycles. The summed E-state index contributed by atoms with van der Waals surface area (Å²) in [5.41, 5.74) is 1.41. The van der Waals surface area contributed by atoms with Crippen molar-refractivity contribution in [1.29, 1.82) is 5.26 Å². The lowest BCUT2D eigenvalue weighted by Crippen LogP contribution is -2.46. The maximum Gasteiger partial charge on any atom is 0.143 e. The molecule has 0 aromatic heterocycles. The third kappa shape index (κ3) is 3.33. The molecule has 23 heavy (non-hydrogen) atoms. The van der Waals surface area contributed by atoms with Crippen LogP contribution in [0.25, 0.3) is 0 Å². The van der Waals surface area contributed by atoms with Crippen molar-refractivity contribution >= 4 is 5.69 Å². The van der Waals surface area contributed by atoms with Gasteiger partial charge in [0, 0.05) is 38.3 Å². The van der Waals surface area contributed by atoms with E-state index in [0.717, 1.165) is 13.1 Å². The quantitative estimate of drug-likeness (QED) is 0.872. The van der Waals surface area contributed by atoms with Crippen molar-refractivity contribution in [3.63, 3.8) is 0 Å². The van der Waals surface area contributed by atoms with Gasteiger partial charge in [-0.05, 0) is 18.2 Å². The van der Waals surface area contributed by atoms with Gasteiger partial charge in [0.1, 0.15) is 23.3 Å². The molecule has 2 aromatic carbocycles. The fourth-order valence-electron chi connectivity index (χ4n) is 2.90. The zero-order valence-corrected chi connectivity index (χ0v) is 12.7. The number of rotatable bonds is 3. The van der Waals surface area contributed by atoms with Crippen LogP contribution >= 0.6 is 0 Å². The van der Waals surface area contributed by atoms with E-state index >= 15 is 0 Å². The van der Waals surface area contributed by atoms with Crippen molar-refractivity contribution in [3.8, 4) is 6.07 Å². The maximum absolute atomic E-state index is 13.7. The van der Waals surface area contributed by atoms with E-state index in [1.165, 1.54) is 12.1 Å². The van der Waals surface area contributed by atoms with Crippen LogP contribution in [0.1, 0.15) is 11.1 Å². The van der Waals surface area contributed by atoms with Gasteiger partial charge in [0.2, 0.25) is 0 Å². The van der Waals surface area contributed by atoms with Gasteiger partial charge in [0.25, 0.3) is 0 Å². The molecule has 118 valence electrons. The second kappa shape index (κ2) is 6.76. The first kappa shape index (κ1) is 15.4. The molecule has 3 nitrogen and oxygen atoms in total. The molecular formula is C18H17F2N3. The van der Waals surface area contributed by atoms with E-state index in [9.17, 15) is 8.78 Å². The Morgan fingerprint density at radius 2 is 1.61 bits per heavy atom. The topological polar surface area (TPSA) is 30.3 Å². The minimum absolute atomic E-state index is 0.0926. The molecule has 0 atom stereocenters. The van der Waals surface area contributed by atoms with Gasteiger partial charge in [-0.1, -0.05) is 24.3 Å². The summed E-state index contributed by atoms with van der Waals surface area (Å²) in [5.74, 6) is -0.675. The molecule has 1 fully saturated rings. The van der Waals surface area contributed by atoms with E-state index in [0.29, 0.717) is 30.9 Å². The molecule has 2 aromatic rings. The van der Waals surface area contributed by atoms with E-state index in [2.05, 4.69) is 4.90 Å². The summed E-state index contributed by atoms with van der Waals surface area (Å²) in [6.45, 7) is 3.43. The van der Waals surface area contributed by atoms with Gasteiger partial charge in [-0.3, -0.25) is 4.90 Å². The second-order valence-electron chi connectivity index (χ2n) is 5.60. The predicted octanol–water partition coefficient (Wildman–Crippen LogP) is 3.16. The molecule has 0 saturated carbocycles. The number of hydrogen-bond donors (Lipinski definition) is 0. The van der Waals surface area contributed by atoms with Crippen molar-refractivity contribution in [1.82, 2.24) is 4.90 Å². The van der Waals surface area contributed by atoms with Crippen molar-refractivity contribution in [2.45, 2.75) is 6.54 Å². The van der Waals surface area contributed by atoms with Crippen molar-refractivity contribution in [3.05, 3.63) is 65.2 Å². The lowest BCUT2D eigenvalue weighted by Gasteiger charge is -2.36. The minimum Gasteiger partial charge on any atom is -0.368 e. The monoisotopic (exact) mass is 313 g/mol. The van der Waals surface area contributed by atoms with E-state index in [1.807, 2.05) is 17.0 Å². The molecule has 0 unspecified atom stereocenters. The van der Waals surface area contributed by atoms with Crippen LogP contribution in [0.2, 0.25) is 0 Å². The van der Waals surface area contributed by atoms with Gasteiger partial charge in [0.15, 0.2) is 0 Å². The Bertz CT molecular complexity index is 731. The van der Waals surface area contributed by atoms with Crippen molar-refractivity contribution in [2.75, 3.05) is 31.1 Å². The molecule has 0 radical (unpaired) electrons. The Kier molecular flexibility index (Phi) is 4.54. The first-order valence-corrected chi connectivity index (χ1v) is 7.58. The summed E-state index contributed by atoms with van der Waals surface area (Å²) in [7, 11) is 0. The van der Waals surface area contributed by atoms with Crippen LogP contribution in [0, 0.1) is 23.0 Å². The molecule has 5 heteroatoms. The van der Waals surface area contributed by atoms with E-state index < -0.39 is 5.82 Å². The number of halogens is 2. The summed E-state index contributed by atoms with van der Waals surface area (Å²) in [5, 5.41) is 9.14. The Morgan fingerprint density at radius 1 is 0.913 bits per heavy atom. The lowest BCUT2D eigenvalue weighted by molar-refractivity contribution is 0.246. The Morgan fingerprint density at radius 3 is 2.30 bits per heavy atom. The SMILES string of the molecule is N#Cc1c(F)cccc1N1CCN(Cc2ccccc2F)CC1. The Hall–Kier alpha value is -2.45. The summed E-state index contributed by atoms with van der Waals surface area (Å²) in [4.78, 5) is 4.18. The predicted molar refractivity (Wildman–Crippen MR) is 85.0 cm³/mol. The molecule has 0 bridgehead atoms. The van der Waals surface area contributed by atoms with Gasteiger partial charge in [-0.2, -0.15) is 5.26 Å². The smallest absolute Gasteiger partial charge is 0.143 e. The summed E-state index contributed by atoms with van der Waals surface area (Å²) >= 11 is 0. The normalized spacial score (nSPS) is 15.4. The molecule has 0 aliphatic carbocycles. The fraction of sp³-hybridized carbons (Fsp3) is 0.278. The van der Waals surface area contributed by atoms with E-state index in [-0.39, 0.29) is 11.4 Å². The molecular weight excluding hydrogens is 296 g/mol. The van der Waals surface area contributed by atoms with Crippen molar-refractivity contribution in [2.24, 2.45) is 0 Å².